The highest BCUT2D eigenvalue weighted by atomic mass is 19.1. The summed E-state index contributed by atoms with van der Waals surface area (Å²) in [6, 6.07) is 11.7. The van der Waals surface area contributed by atoms with Gasteiger partial charge in [-0.25, -0.2) is 9.49 Å². The number of carbonyl (C=O) groups excluding carboxylic acids is 2. The van der Waals surface area contributed by atoms with Crippen LogP contribution in [0.4, 0.5) is 4.39 Å². The molecule has 2 amide bonds. The molecule has 5 rings (SSSR count). The Hall–Kier alpha value is -3.59. The molecule has 2 fully saturated rings. The highest BCUT2D eigenvalue weighted by molar-refractivity contribution is 5.95. The van der Waals surface area contributed by atoms with Crippen molar-refractivity contribution >= 4 is 22.6 Å². The standard InChI is InChI=1S/C27H29FN4O4/c28-23-8-7-18(16-24-20-5-1-2-6-21(20)26(34)30-29-24)15-22(23)27(35)32-13-9-19(10-14-32)36-17-25(33)31-11-3-4-12-31/h1-2,5-8,15,19H,3-4,9-14,16-17H2,(H,30,34). The molecular weight excluding hydrogens is 463 g/mol. The lowest BCUT2D eigenvalue weighted by Crippen LogP contribution is -2.42. The molecule has 2 aliphatic rings. The van der Waals surface area contributed by atoms with Crippen LogP contribution in [-0.2, 0) is 16.0 Å². The van der Waals surface area contributed by atoms with E-state index in [2.05, 4.69) is 10.2 Å². The molecule has 2 aromatic carbocycles. The Morgan fingerprint density at radius 3 is 2.47 bits per heavy atom. The zero-order valence-corrected chi connectivity index (χ0v) is 20.0. The molecule has 0 aliphatic carbocycles. The number of fused-ring (bicyclic) bond motifs is 1. The van der Waals surface area contributed by atoms with Gasteiger partial charge in [-0.05, 0) is 49.4 Å². The predicted octanol–water partition coefficient (Wildman–Crippen LogP) is 2.90. The zero-order chi connectivity index (χ0) is 25.1. The number of carbonyl (C=O) groups is 2. The molecule has 188 valence electrons. The number of nitrogens with zero attached hydrogens (tertiary/aromatic N) is 3. The normalized spacial score (nSPS) is 16.6. The number of likely N-dealkylation sites (tertiary alicyclic amines) is 2. The number of piperidine rings is 1. The topological polar surface area (TPSA) is 95.6 Å². The minimum atomic E-state index is -0.572. The van der Waals surface area contributed by atoms with Crippen LogP contribution in [0.5, 0.6) is 0 Å². The first-order valence-corrected chi connectivity index (χ1v) is 12.4. The van der Waals surface area contributed by atoms with Crippen molar-refractivity contribution in [1.29, 1.82) is 0 Å². The van der Waals surface area contributed by atoms with Gasteiger partial charge in [0.25, 0.3) is 11.5 Å². The maximum Gasteiger partial charge on any atom is 0.272 e. The van der Waals surface area contributed by atoms with Crippen molar-refractivity contribution in [2.45, 2.75) is 38.2 Å². The molecule has 0 saturated carbocycles. The summed E-state index contributed by atoms with van der Waals surface area (Å²) in [4.78, 5) is 40.9. The average molecular weight is 493 g/mol. The first-order valence-electron chi connectivity index (χ1n) is 12.4. The largest absolute Gasteiger partial charge is 0.368 e. The average Bonchev–Trinajstić information content (AvgIpc) is 3.45. The van der Waals surface area contributed by atoms with Crippen LogP contribution < -0.4 is 5.56 Å². The molecule has 2 saturated heterocycles. The highest BCUT2D eigenvalue weighted by Gasteiger charge is 2.27. The van der Waals surface area contributed by atoms with Gasteiger partial charge in [-0.1, -0.05) is 24.3 Å². The number of aromatic amines is 1. The minimum Gasteiger partial charge on any atom is -0.368 e. The number of aromatic nitrogens is 2. The van der Waals surface area contributed by atoms with E-state index < -0.39 is 5.82 Å². The second kappa shape index (κ2) is 10.6. The number of rotatable bonds is 6. The van der Waals surface area contributed by atoms with E-state index in [0.717, 1.165) is 36.9 Å². The Kier molecular flexibility index (Phi) is 7.09. The third-order valence-electron chi connectivity index (χ3n) is 7.04. The van der Waals surface area contributed by atoms with Crippen LogP contribution in [0.3, 0.4) is 0 Å². The van der Waals surface area contributed by atoms with Crippen LogP contribution in [0.1, 0.15) is 47.3 Å². The van der Waals surface area contributed by atoms with Crippen LogP contribution in [0, 0.1) is 5.82 Å². The summed E-state index contributed by atoms with van der Waals surface area (Å²) in [6.45, 7) is 2.56. The van der Waals surface area contributed by atoms with Crippen molar-refractivity contribution in [3.63, 3.8) is 0 Å². The second-order valence-corrected chi connectivity index (χ2v) is 9.43. The number of halogens is 1. The van der Waals surface area contributed by atoms with Crippen LogP contribution in [0.25, 0.3) is 10.8 Å². The highest BCUT2D eigenvalue weighted by Crippen LogP contribution is 2.22. The van der Waals surface area contributed by atoms with E-state index in [4.69, 9.17) is 4.74 Å². The van der Waals surface area contributed by atoms with Gasteiger partial charge in [-0.15, -0.1) is 0 Å². The SMILES string of the molecule is O=C(COC1CCN(C(=O)c2cc(Cc3n[nH]c(=O)c4ccccc34)ccc2F)CC1)N1CCCC1. The lowest BCUT2D eigenvalue weighted by Gasteiger charge is -2.32. The van der Waals surface area contributed by atoms with E-state index >= 15 is 0 Å². The summed E-state index contributed by atoms with van der Waals surface area (Å²) in [5.41, 5.74) is 1.13. The fourth-order valence-electron chi connectivity index (χ4n) is 4.99. The number of benzene rings is 2. The van der Waals surface area contributed by atoms with E-state index in [1.54, 1.807) is 29.2 Å². The van der Waals surface area contributed by atoms with E-state index in [9.17, 15) is 18.8 Å². The Labute approximate surface area is 208 Å². The summed E-state index contributed by atoms with van der Waals surface area (Å²) in [7, 11) is 0. The summed E-state index contributed by atoms with van der Waals surface area (Å²) in [5.74, 6) is -0.910. The number of hydrogen-bond acceptors (Lipinski definition) is 5. The number of nitrogens with one attached hydrogen (secondary N) is 1. The minimum absolute atomic E-state index is 0.0183. The predicted molar refractivity (Wildman–Crippen MR) is 132 cm³/mol. The molecule has 2 aliphatic heterocycles. The Morgan fingerprint density at radius 1 is 1.00 bits per heavy atom. The summed E-state index contributed by atoms with van der Waals surface area (Å²) >= 11 is 0. The maximum atomic E-state index is 14.7. The molecule has 0 bridgehead atoms. The van der Waals surface area contributed by atoms with Gasteiger partial charge in [0.2, 0.25) is 5.91 Å². The van der Waals surface area contributed by atoms with Crippen molar-refractivity contribution < 1.29 is 18.7 Å². The molecular formula is C27H29FN4O4. The molecule has 0 unspecified atom stereocenters. The number of ether oxygens (including phenoxy) is 1. The smallest absolute Gasteiger partial charge is 0.272 e. The van der Waals surface area contributed by atoms with E-state index in [-0.39, 0.29) is 35.6 Å². The Bertz CT molecular complexity index is 1330. The molecule has 0 radical (unpaired) electrons. The second-order valence-electron chi connectivity index (χ2n) is 9.43. The van der Waals surface area contributed by atoms with Crippen molar-refractivity contribution in [2.75, 3.05) is 32.8 Å². The quantitative estimate of drug-likeness (QED) is 0.571. The van der Waals surface area contributed by atoms with Gasteiger partial charge in [0.1, 0.15) is 12.4 Å². The monoisotopic (exact) mass is 492 g/mol. The van der Waals surface area contributed by atoms with Crippen molar-refractivity contribution in [3.05, 3.63) is 75.5 Å². The molecule has 0 spiro atoms. The van der Waals surface area contributed by atoms with Gasteiger partial charge in [0.15, 0.2) is 0 Å². The molecule has 0 atom stereocenters. The van der Waals surface area contributed by atoms with Crippen molar-refractivity contribution in [3.8, 4) is 0 Å². The number of hydrogen-bond donors (Lipinski definition) is 1. The molecule has 1 aromatic heterocycles. The summed E-state index contributed by atoms with van der Waals surface area (Å²) < 4.78 is 20.5. The van der Waals surface area contributed by atoms with Crippen LogP contribution >= 0.6 is 0 Å². The molecule has 3 aromatic rings. The van der Waals surface area contributed by atoms with Crippen LogP contribution in [0.2, 0.25) is 0 Å². The molecule has 3 heterocycles. The first-order chi connectivity index (χ1) is 17.5. The van der Waals surface area contributed by atoms with E-state index in [0.29, 0.717) is 43.4 Å². The van der Waals surface area contributed by atoms with Crippen molar-refractivity contribution in [2.24, 2.45) is 0 Å². The lowest BCUT2D eigenvalue weighted by molar-refractivity contribution is -0.138. The van der Waals surface area contributed by atoms with Gasteiger partial charge < -0.3 is 14.5 Å². The van der Waals surface area contributed by atoms with Crippen molar-refractivity contribution in [1.82, 2.24) is 20.0 Å². The summed E-state index contributed by atoms with van der Waals surface area (Å²) in [6.07, 6.45) is 3.56. The van der Waals surface area contributed by atoms with E-state index in [1.807, 2.05) is 17.0 Å². The summed E-state index contributed by atoms with van der Waals surface area (Å²) in [5, 5.41) is 7.96. The molecule has 1 N–H and O–H groups in total. The first kappa shape index (κ1) is 24.1. The fraction of sp³-hybridized carbons (Fsp3) is 0.407. The van der Waals surface area contributed by atoms with Gasteiger partial charge in [0.05, 0.1) is 22.7 Å². The van der Waals surface area contributed by atoms with Gasteiger partial charge in [0, 0.05) is 38.0 Å². The third kappa shape index (κ3) is 5.16. The Morgan fingerprint density at radius 2 is 1.72 bits per heavy atom. The third-order valence-corrected chi connectivity index (χ3v) is 7.04. The number of H-pyrrole nitrogens is 1. The molecule has 36 heavy (non-hydrogen) atoms. The lowest BCUT2D eigenvalue weighted by atomic mass is 10.0. The Balaban J connectivity index is 1.22. The fourth-order valence-corrected chi connectivity index (χ4v) is 4.99. The maximum absolute atomic E-state index is 14.7. The van der Waals surface area contributed by atoms with Gasteiger partial charge >= 0.3 is 0 Å². The molecule has 8 nitrogen and oxygen atoms in total. The molecule has 9 heteroatoms. The van der Waals surface area contributed by atoms with Gasteiger partial charge in [-0.3, -0.25) is 14.4 Å². The zero-order valence-electron chi connectivity index (χ0n) is 20.0. The number of amides is 2. The van der Waals surface area contributed by atoms with Gasteiger partial charge in [-0.2, -0.15) is 5.10 Å². The van der Waals surface area contributed by atoms with E-state index in [1.165, 1.54) is 6.07 Å². The van der Waals surface area contributed by atoms with Crippen LogP contribution in [0.15, 0.2) is 47.3 Å². The van der Waals surface area contributed by atoms with Crippen LogP contribution in [-0.4, -0.2) is 70.7 Å².